The third-order valence-electron chi connectivity index (χ3n) is 2.90. The van der Waals surface area contributed by atoms with Gasteiger partial charge in [-0.05, 0) is 26.4 Å². The standard InChI is InChI=1S/C10H17N3O/c1-3-8-9(12-10(11)14-8)7-5-4-6-13(7)2/h7H,3-6H2,1-2H3,(H2,11,12). The minimum Gasteiger partial charge on any atom is -0.429 e. The normalized spacial score (nSPS) is 23.1. The Balaban J connectivity index is 2.29. The van der Waals surface area contributed by atoms with Gasteiger partial charge in [0.05, 0.1) is 6.04 Å². The lowest BCUT2D eigenvalue weighted by Gasteiger charge is -2.17. The summed E-state index contributed by atoms with van der Waals surface area (Å²) in [6, 6.07) is 0.711. The van der Waals surface area contributed by atoms with Crippen LogP contribution in [-0.2, 0) is 6.42 Å². The number of hydrogen-bond acceptors (Lipinski definition) is 4. The average Bonchev–Trinajstić information content (AvgIpc) is 2.71. The molecule has 0 radical (unpaired) electrons. The molecule has 2 N–H and O–H groups in total. The smallest absolute Gasteiger partial charge is 0.292 e. The molecule has 4 nitrogen and oxygen atoms in total. The van der Waals surface area contributed by atoms with E-state index in [2.05, 4.69) is 23.9 Å². The third kappa shape index (κ3) is 1.50. The number of likely N-dealkylation sites (tertiary alicyclic amines) is 1. The third-order valence-corrected chi connectivity index (χ3v) is 2.90. The molecule has 1 saturated heterocycles. The van der Waals surface area contributed by atoms with Crippen molar-refractivity contribution < 1.29 is 4.42 Å². The molecule has 0 bridgehead atoms. The summed E-state index contributed by atoms with van der Waals surface area (Å²) >= 11 is 0. The Morgan fingerprint density at radius 1 is 1.64 bits per heavy atom. The summed E-state index contributed by atoms with van der Waals surface area (Å²) in [6.07, 6.45) is 3.26. The maximum Gasteiger partial charge on any atom is 0.292 e. The Morgan fingerprint density at radius 3 is 3.00 bits per heavy atom. The summed E-state index contributed by atoms with van der Waals surface area (Å²) in [5.41, 5.74) is 6.62. The number of rotatable bonds is 2. The predicted molar refractivity (Wildman–Crippen MR) is 54.9 cm³/mol. The van der Waals surface area contributed by atoms with E-state index in [4.69, 9.17) is 10.2 Å². The van der Waals surface area contributed by atoms with Gasteiger partial charge in [-0.25, -0.2) is 0 Å². The van der Waals surface area contributed by atoms with E-state index in [-0.39, 0.29) is 0 Å². The molecule has 1 aromatic rings. The second kappa shape index (κ2) is 3.61. The van der Waals surface area contributed by atoms with Gasteiger partial charge in [-0.15, -0.1) is 0 Å². The van der Waals surface area contributed by atoms with E-state index in [0.717, 1.165) is 30.8 Å². The van der Waals surface area contributed by atoms with Crippen molar-refractivity contribution in [3.63, 3.8) is 0 Å². The van der Waals surface area contributed by atoms with Crippen LogP contribution in [0.15, 0.2) is 4.42 Å². The highest BCUT2D eigenvalue weighted by molar-refractivity contribution is 5.23. The number of aromatic nitrogens is 1. The van der Waals surface area contributed by atoms with Gasteiger partial charge in [-0.3, -0.25) is 4.90 Å². The highest BCUT2D eigenvalue weighted by Crippen LogP contribution is 2.32. The van der Waals surface area contributed by atoms with Crippen molar-refractivity contribution in [3.05, 3.63) is 11.5 Å². The van der Waals surface area contributed by atoms with Gasteiger partial charge < -0.3 is 10.2 Å². The molecule has 1 aromatic heterocycles. The fraction of sp³-hybridized carbons (Fsp3) is 0.700. The number of aryl methyl sites for hydroxylation is 1. The fourth-order valence-electron chi connectivity index (χ4n) is 2.15. The Morgan fingerprint density at radius 2 is 2.43 bits per heavy atom. The molecule has 2 rings (SSSR count). The molecule has 1 aliphatic heterocycles. The van der Waals surface area contributed by atoms with Crippen molar-refractivity contribution in [2.75, 3.05) is 19.3 Å². The maximum atomic E-state index is 5.57. The van der Waals surface area contributed by atoms with Crippen molar-refractivity contribution in [2.24, 2.45) is 0 Å². The molecule has 0 amide bonds. The van der Waals surface area contributed by atoms with Crippen LogP contribution < -0.4 is 5.73 Å². The summed E-state index contributed by atoms with van der Waals surface area (Å²) < 4.78 is 5.36. The van der Waals surface area contributed by atoms with Gasteiger partial charge in [-0.2, -0.15) is 4.98 Å². The van der Waals surface area contributed by atoms with Gasteiger partial charge in [0.2, 0.25) is 0 Å². The monoisotopic (exact) mass is 195 g/mol. The first-order chi connectivity index (χ1) is 6.72. The zero-order valence-electron chi connectivity index (χ0n) is 8.79. The van der Waals surface area contributed by atoms with Crippen molar-refractivity contribution >= 4 is 6.01 Å². The first-order valence-corrected chi connectivity index (χ1v) is 5.17. The molecule has 2 heterocycles. The minimum absolute atomic E-state index is 0.303. The van der Waals surface area contributed by atoms with Crippen LogP contribution in [0.25, 0.3) is 0 Å². The molecule has 1 aliphatic rings. The second-order valence-corrected chi connectivity index (χ2v) is 3.85. The van der Waals surface area contributed by atoms with E-state index >= 15 is 0 Å². The van der Waals surface area contributed by atoms with Gasteiger partial charge in [0.15, 0.2) is 0 Å². The van der Waals surface area contributed by atoms with E-state index in [9.17, 15) is 0 Å². The van der Waals surface area contributed by atoms with E-state index in [0.29, 0.717) is 12.1 Å². The quantitative estimate of drug-likeness (QED) is 0.778. The van der Waals surface area contributed by atoms with Gasteiger partial charge in [0, 0.05) is 6.42 Å². The van der Waals surface area contributed by atoms with Gasteiger partial charge in [0.25, 0.3) is 6.01 Å². The van der Waals surface area contributed by atoms with Gasteiger partial charge in [0.1, 0.15) is 11.5 Å². The molecule has 14 heavy (non-hydrogen) atoms. The van der Waals surface area contributed by atoms with E-state index in [1.165, 1.54) is 6.42 Å². The number of anilines is 1. The molecule has 0 aliphatic carbocycles. The van der Waals surface area contributed by atoms with Crippen LogP contribution in [0.2, 0.25) is 0 Å². The lowest BCUT2D eigenvalue weighted by atomic mass is 10.1. The van der Waals surface area contributed by atoms with Crippen LogP contribution in [0, 0.1) is 0 Å². The molecule has 4 heteroatoms. The summed E-state index contributed by atoms with van der Waals surface area (Å²) in [7, 11) is 2.13. The lowest BCUT2D eigenvalue weighted by molar-refractivity contribution is 0.309. The molecule has 1 atom stereocenters. The van der Waals surface area contributed by atoms with Crippen LogP contribution in [0.1, 0.15) is 37.3 Å². The lowest BCUT2D eigenvalue weighted by Crippen LogP contribution is -2.18. The molecule has 0 aromatic carbocycles. The van der Waals surface area contributed by atoms with Crippen molar-refractivity contribution in [1.82, 2.24) is 9.88 Å². The second-order valence-electron chi connectivity index (χ2n) is 3.85. The summed E-state index contributed by atoms with van der Waals surface area (Å²) in [6.45, 7) is 3.21. The molecule has 78 valence electrons. The Hall–Kier alpha value is -1.03. The molecule has 0 saturated carbocycles. The van der Waals surface area contributed by atoms with E-state index < -0.39 is 0 Å². The summed E-state index contributed by atoms with van der Waals surface area (Å²) in [4.78, 5) is 6.60. The Kier molecular flexibility index (Phi) is 2.46. The summed E-state index contributed by atoms with van der Waals surface area (Å²) in [5, 5.41) is 0. The fourth-order valence-corrected chi connectivity index (χ4v) is 2.15. The number of nitrogens with two attached hydrogens (primary N) is 1. The number of nitrogens with zero attached hydrogens (tertiary/aromatic N) is 2. The number of hydrogen-bond donors (Lipinski definition) is 1. The zero-order chi connectivity index (χ0) is 10.1. The summed E-state index contributed by atoms with van der Waals surface area (Å²) in [5.74, 6) is 0.946. The molecular formula is C10H17N3O. The minimum atomic E-state index is 0.303. The Bertz CT molecular complexity index is 321. The molecule has 1 fully saturated rings. The Labute approximate surface area is 84.1 Å². The SMILES string of the molecule is CCc1oc(N)nc1C1CCCN1C. The van der Waals surface area contributed by atoms with E-state index in [1.807, 2.05) is 0 Å². The highest BCUT2D eigenvalue weighted by atomic mass is 16.4. The van der Waals surface area contributed by atoms with Crippen LogP contribution in [-0.4, -0.2) is 23.5 Å². The average molecular weight is 195 g/mol. The van der Waals surface area contributed by atoms with Gasteiger partial charge in [-0.1, -0.05) is 6.92 Å². The predicted octanol–water partition coefficient (Wildman–Crippen LogP) is 1.59. The molecular weight excluding hydrogens is 178 g/mol. The molecule has 1 unspecified atom stereocenters. The number of nitrogen functional groups attached to an aromatic ring is 1. The topological polar surface area (TPSA) is 55.3 Å². The highest BCUT2D eigenvalue weighted by Gasteiger charge is 2.28. The first kappa shape index (κ1) is 9.52. The van der Waals surface area contributed by atoms with Gasteiger partial charge >= 0.3 is 0 Å². The van der Waals surface area contributed by atoms with E-state index in [1.54, 1.807) is 0 Å². The first-order valence-electron chi connectivity index (χ1n) is 5.17. The van der Waals surface area contributed by atoms with Crippen LogP contribution in [0.3, 0.4) is 0 Å². The van der Waals surface area contributed by atoms with Crippen LogP contribution in [0.4, 0.5) is 6.01 Å². The maximum absolute atomic E-state index is 5.57. The molecule has 0 spiro atoms. The number of oxazole rings is 1. The van der Waals surface area contributed by atoms with Crippen molar-refractivity contribution in [1.29, 1.82) is 0 Å². The zero-order valence-corrected chi connectivity index (χ0v) is 8.79. The van der Waals surface area contributed by atoms with Crippen LogP contribution in [0.5, 0.6) is 0 Å². The van der Waals surface area contributed by atoms with Crippen molar-refractivity contribution in [2.45, 2.75) is 32.2 Å². The largest absolute Gasteiger partial charge is 0.429 e. The van der Waals surface area contributed by atoms with Crippen LogP contribution >= 0.6 is 0 Å². The van der Waals surface area contributed by atoms with Crippen molar-refractivity contribution in [3.8, 4) is 0 Å².